The van der Waals surface area contributed by atoms with E-state index in [-0.39, 0.29) is 54.0 Å². The van der Waals surface area contributed by atoms with Crippen molar-refractivity contribution in [1.82, 2.24) is 10.6 Å². The second-order valence-electron chi connectivity index (χ2n) is 15.9. The Balaban J connectivity index is 0.000000263. The third-order valence-corrected chi connectivity index (χ3v) is 20.9. The second-order valence-corrected chi connectivity index (χ2v) is 22.4. The molecule has 0 radical (unpaired) electrons. The van der Waals surface area contributed by atoms with E-state index in [0.29, 0.717) is 12.1 Å². The summed E-state index contributed by atoms with van der Waals surface area (Å²) in [6, 6.07) is 0. The SMILES string of the molecule is C1CCC([PH+](CCC[PH+](C2CCCCC2)C2CCCCC2)C2CCCCC2)CC1.CNC(=O)C1=C[N-]CC=C1.CNC(=O)C1CCC[N-]C1.[Pd+2]. The standard InChI is InChI=1S/C27H50P2.C7H13N2O.C7H10N2O.Pd/c1-5-14-24(15-6-1)28(25-16-7-2-8-17-25)22-13-23-29(26-18-9-3-10-19-26)27-20-11-4-12-21-27;2*1-8-7(10)6-3-2-4-9-5-6;/h24-27H,1-23H2;6H,2-5H2,1H3,(H,8,10);2-3,5H,4H2,1H3,(H2,8,9,10);/q;-1;;+2/p+1. The van der Waals surface area contributed by atoms with E-state index in [4.69, 9.17) is 0 Å². The first-order valence-electron chi connectivity index (χ1n) is 20.9. The van der Waals surface area contributed by atoms with Crippen molar-refractivity contribution in [2.45, 2.75) is 170 Å². The molecule has 4 saturated carbocycles. The van der Waals surface area contributed by atoms with Gasteiger partial charge in [0.2, 0.25) is 11.8 Å². The molecule has 6 aliphatic rings. The van der Waals surface area contributed by atoms with E-state index in [2.05, 4.69) is 21.3 Å². The third-order valence-electron chi connectivity index (χ3n) is 12.5. The van der Waals surface area contributed by atoms with Gasteiger partial charge >= 0.3 is 20.4 Å². The number of piperidine rings is 1. The number of nitrogens with one attached hydrogen (secondary N) is 2. The van der Waals surface area contributed by atoms with Crippen LogP contribution in [0.1, 0.15) is 148 Å². The van der Waals surface area contributed by atoms with Crippen molar-refractivity contribution in [3.05, 3.63) is 34.6 Å². The Hall–Kier alpha value is -0.298. The fraction of sp³-hybridized carbons (Fsp3) is 0.854. The van der Waals surface area contributed by atoms with E-state index in [1.54, 1.807) is 174 Å². The average molecular weight is 823 g/mol. The minimum absolute atomic E-state index is 0. The molecular weight excluding hydrogens is 749 g/mol. The van der Waals surface area contributed by atoms with Gasteiger partial charge in [0, 0.05) is 47.9 Å². The second kappa shape index (κ2) is 26.5. The summed E-state index contributed by atoms with van der Waals surface area (Å²) in [5.41, 5.74) is 5.50. The Labute approximate surface area is 323 Å². The van der Waals surface area contributed by atoms with E-state index in [1.807, 2.05) is 6.08 Å². The van der Waals surface area contributed by atoms with E-state index in [0.717, 1.165) is 25.9 Å². The first kappa shape index (κ1) is 44.1. The predicted molar refractivity (Wildman–Crippen MR) is 218 cm³/mol. The molecule has 4 aliphatic carbocycles. The molecule has 6 rings (SSSR count). The smallest absolute Gasteiger partial charge is 0.687 e. The first-order chi connectivity index (χ1) is 24.1. The average Bonchev–Trinajstić information content (AvgIpc) is 3.20. The Kier molecular flexibility index (Phi) is 23.3. The number of hydrogen-bond acceptors (Lipinski definition) is 2. The third kappa shape index (κ3) is 15.6. The van der Waals surface area contributed by atoms with Gasteiger partial charge in [0.15, 0.2) is 0 Å². The molecule has 1 saturated heterocycles. The Morgan fingerprint density at radius 3 is 1.46 bits per heavy atom. The summed E-state index contributed by atoms with van der Waals surface area (Å²) in [6.45, 7) is 2.34. The maximum absolute atomic E-state index is 11.0. The van der Waals surface area contributed by atoms with Crippen LogP contribution in [0.15, 0.2) is 23.9 Å². The summed E-state index contributed by atoms with van der Waals surface area (Å²) in [5, 5.41) is 13.2. The molecule has 50 heavy (non-hydrogen) atoms. The van der Waals surface area contributed by atoms with E-state index >= 15 is 0 Å². The number of nitrogens with zero attached hydrogens (tertiary/aromatic N) is 2. The zero-order valence-corrected chi connectivity index (χ0v) is 35.5. The molecule has 2 aliphatic heterocycles. The van der Waals surface area contributed by atoms with Crippen molar-refractivity contribution in [2.24, 2.45) is 5.92 Å². The minimum atomic E-state index is -0.0851. The van der Waals surface area contributed by atoms with Gasteiger partial charge in [-0.25, -0.2) is 0 Å². The van der Waals surface area contributed by atoms with Gasteiger partial charge in [-0.2, -0.15) is 6.20 Å². The molecule has 2 amide bonds. The molecule has 6 nitrogen and oxygen atoms in total. The van der Waals surface area contributed by atoms with Crippen LogP contribution in [0.2, 0.25) is 0 Å². The monoisotopic (exact) mass is 822 g/mol. The fourth-order valence-corrected chi connectivity index (χ4v) is 18.9. The van der Waals surface area contributed by atoms with E-state index < -0.39 is 0 Å². The van der Waals surface area contributed by atoms with Crippen molar-refractivity contribution in [2.75, 3.05) is 46.1 Å². The number of carbonyl (C=O) groups excluding carboxylic acids is 2. The summed E-state index contributed by atoms with van der Waals surface area (Å²) in [7, 11) is 3.11. The van der Waals surface area contributed by atoms with Crippen molar-refractivity contribution >= 4 is 27.7 Å². The number of amides is 2. The van der Waals surface area contributed by atoms with Crippen LogP contribution in [0.5, 0.6) is 0 Å². The molecule has 0 bridgehead atoms. The maximum Gasteiger partial charge on any atom is 2.00 e. The zero-order valence-electron chi connectivity index (χ0n) is 31.9. The van der Waals surface area contributed by atoms with E-state index in [1.165, 1.54) is 22.6 Å². The molecule has 2 N–H and O–H groups in total. The Morgan fingerprint density at radius 1 is 0.660 bits per heavy atom. The molecule has 2 heterocycles. The van der Waals surface area contributed by atoms with Gasteiger partial charge in [0.25, 0.3) is 0 Å². The van der Waals surface area contributed by atoms with Crippen molar-refractivity contribution < 1.29 is 30.0 Å². The number of likely N-dealkylation sites (N-methyl/N-ethyl adjacent to an activating group) is 1. The molecule has 0 aromatic rings. The molecule has 0 spiro atoms. The molecule has 1 atom stereocenters. The van der Waals surface area contributed by atoms with Crippen LogP contribution < -0.4 is 10.6 Å². The van der Waals surface area contributed by atoms with Gasteiger partial charge in [-0.3, -0.25) is 9.59 Å². The molecule has 0 aromatic carbocycles. The normalized spacial score (nSPS) is 24.0. The van der Waals surface area contributed by atoms with Gasteiger partial charge < -0.3 is 21.3 Å². The van der Waals surface area contributed by atoms with Crippen LogP contribution in [0.4, 0.5) is 0 Å². The van der Waals surface area contributed by atoms with Crippen LogP contribution in [-0.4, -0.2) is 80.5 Å². The molecule has 9 heteroatoms. The van der Waals surface area contributed by atoms with E-state index in [9.17, 15) is 9.59 Å². The fourth-order valence-electron chi connectivity index (χ4n) is 9.79. The van der Waals surface area contributed by atoms with Crippen molar-refractivity contribution in [3.8, 4) is 0 Å². The predicted octanol–water partition coefficient (Wildman–Crippen LogP) is 10.2. The van der Waals surface area contributed by atoms with Crippen LogP contribution in [0.3, 0.4) is 0 Å². The van der Waals surface area contributed by atoms with Crippen molar-refractivity contribution in [1.29, 1.82) is 0 Å². The van der Waals surface area contributed by atoms with Crippen LogP contribution in [0.25, 0.3) is 10.6 Å². The molecule has 5 fully saturated rings. The van der Waals surface area contributed by atoms with Gasteiger partial charge in [-0.1, -0.05) is 38.2 Å². The summed E-state index contributed by atoms with van der Waals surface area (Å²) in [6.07, 6.45) is 44.3. The van der Waals surface area contributed by atoms with Crippen LogP contribution in [0, 0.1) is 5.92 Å². The summed E-state index contributed by atoms with van der Waals surface area (Å²) in [4.78, 5) is 21.9. The Morgan fingerprint density at radius 2 is 1.12 bits per heavy atom. The van der Waals surface area contributed by atoms with Crippen LogP contribution >= 0.6 is 15.8 Å². The van der Waals surface area contributed by atoms with Gasteiger partial charge in [0.05, 0.1) is 35.0 Å². The van der Waals surface area contributed by atoms with Crippen LogP contribution in [-0.2, 0) is 30.0 Å². The number of rotatable bonds is 10. The Bertz CT molecular complexity index is 907. The maximum atomic E-state index is 11.0. The molecule has 0 aromatic heterocycles. The quantitative estimate of drug-likeness (QED) is 0.170. The number of hydrogen-bond donors (Lipinski definition) is 2. The molecular formula is C41H74N4O2P2Pd+2. The minimum Gasteiger partial charge on any atom is -0.687 e. The van der Waals surface area contributed by atoms with Crippen molar-refractivity contribution in [3.63, 3.8) is 0 Å². The number of carbonyl (C=O) groups is 2. The topological polar surface area (TPSA) is 86.4 Å². The van der Waals surface area contributed by atoms with Gasteiger partial charge in [-0.15, -0.1) is 25.7 Å². The zero-order chi connectivity index (χ0) is 34.5. The molecule has 288 valence electrons. The van der Waals surface area contributed by atoms with Gasteiger partial charge in [0.1, 0.15) is 0 Å². The summed E-state index contributed by atoms with van der Waals surface area (Å²) in [5.74, 6) is 0.210. The molecule has 1 unspecified atom stereocenters. The first-order valence-corrected chi connectivity index (χ1v) is 24.6. The summed E-state index contributed by atoms with van der Waals surface area (Å²) < 4.78 is 0. The van der Waals surface area contributed by atoms with Gasteiger partial charge in [-0.05, 0) is 109 Å². The largest absolute Gasteiger partial charge is 2.00 e. The summed E-state index contributed by atoms with van der Waals surface area (Å²) >= 11 is 0.